The molecule has 0 radical (unpaired) electrons. The first kappa shape index (κ1) is 14.0. The number of carbonyl (C=O) groups is 2. The highest BCUT2D eigenvalue weighted by Gasteiger charge is 2.36. The Morgan fingerprint density at radius 3 is 2.20 bits per heavy atom. The van der Waals surface area contributed by atoms with E-state index in [1.807, 2.05) is 0 Å². The van der Waals surface area contributed by atoms with Crippen LogP contribution in [0.1, 0.15) is 6.92 Å². The number of nitrogens with two attached hydrogens (primary N) is 1. The second-order valence-electron chi connectivity index (χ2n) is 3.04. The molecule has 15 heavy (non-hydrogen) atoms. The average Bonchev–Trinajstić information content (AvgIpc) is 2.09. The van der Waals surface area contributed by atoms with Crippen molar-refractivity contribution in [3.63, 3.8) is 0 Å². The minimum absolute atomic E-state index is 0.459. The van der Waals surface area contributed by atoms with Gasteiger partial charge >= 0.3 is 20.6 Å². The Balaban J connectivity index is 4.75. The molecule has 0 aliphatic heterocycles. The van der Waals surface area contributed by atoms with Gasteiger partial charge in [0.1, 0.15) is 0 Å². The quantitative estimate of drug-likeness (QED) is 0.530. The molecule has 0 aromatic heterocycles. The summed E-state index contributed by atoms with van der Waals surface area (Å²) in [5.41, 5.74) is 5.37. The van der Waals surface area contributed by atoms with Gasteiger partial charge in [0.15, 0.2) is 0 Å². The van der Waals surface area contributed by atoms with Crippen molar-refractivity contribution in [3.8, 4) is 0 Å². The van der Waals surface area contributed by atoms with Gasteiger partial charge in [-0.05, 0) is 6.92 Å². The molecule has 0 saturated heterocycles. The smallest absolute Gasteiger partial charge is 0.327 e. The Kier molecular flexibility index (Phi) is 6.00. The fourth-order valence-corrected chi connectivity index (χ4v) is 1.42. The van der Waals surface area contributed by atoms with Crippen molar-refractivity contribution in [3.05, 3.63) is 0 Å². The molecule has 86 valence electrons. The second-order valence-corrected chi connectivity index (χ2v) is 3.45. The number of aliphatic carboxylic acids is 2. The van der Waals surface area contributed by atoms with Crippen molar-refractivity contribution in [1.29, 1.82) is 0 Å². The number of carboxylic acid groups (broad SMARTS) is 2. The summed E-state index contributed by atoms with van der Waals surface area (Å²) < 4.78 is 14.4. The van der Waals surface area contributed by atoms with Gasteiger partial charge in [0.05, 0.1) is 18.4 Å². The van der Waals surface area contributed by atoms with E-state index < -0.39 is 45.1 Å². The lowest BCUT2D eigenvalue weighted by Gasteiger charge is -2.21. The van der Waals surface area contributed by atoms with Gasteiger partial charge in [-0.3, -0.25) is 14.1 Å². The van der Waals surface area contributed by atoms with E-state index in [1.165, 1.54) is 6.92 Å². The molecule has 3 unspecified atom stereocenters. The third-order valence-electron chi connectivity index (χ3n) is 1.91. The van der Waals surface area contributed by atoms with Gasteiger partial charge in [0, 0.05) is 6.04 Å². The van der Waals surface area contributed by atoms with Crippen molar-refractivity contribution >= 4 is 20.6 Å². The molecule has 7 nitrogen and oxygen atoms in total. The molecule has 0 rings (SSSR count). The Morgan fingerprint density at radius 2 is 1.93 bits per heavy atom. The molecule has 0 bridgehead atoms. The zero-order chi connectivity index (χ0) is 12.0. The molecule has 4 N–H and O–H groups in total. The molecule has 8 heteroatoms. The maximum Gasteiger partial charge on any atom is 0.327 e. The van der Waals surface area contributed by atoms with E-state index in [4.69, 9.17) is 15.9 Å². The number of hydrogen-bond acceptors (Lipinski definition) is 5. The maximum absolute atomic E-state index is 10.8. The summed E-state index contributed by atoms with van der Waals surface area (Å²) in [5, 5.41) is 17.5. The van der Waals surface area contributed by atoms with Crippen LogP contribution in [0, 0.1) is 11.8 Å². The van der Waals surface area contributed by atoms with Gasteiger partial charge in [0.25, 0.3) is 0 Å². The van der Waals surface area contributed by atoms with E-state index in [2.05, 4.69) is 4.52 Å². The third-order valence-corrected chi connectivity index (χ3v) is 2.16. The first-order valence-electron chi connectivity index (χ1n) is 4.07. The normalized spacial score (nSPS) is 16.9. The van der Waals surface area contributed by atoms with Crippen LogP contribution in [0.25, 0.3) is 0 Å². The van der Waals surface area contributed by atoms with Gasteiger partial charge in [-0.2, -0.15) is 0 Å². The van der Waals surface area contributed by atoms with E-state index in [9.17, 15) is 14.2 Å². The van der Waals surface area contributed by atoms with E-state index in [0.717, 1.165) is 0 Å². The SMILES string of the molecule is CC(N)C(C(=O)O)C(COP=O)C(=O)O. The summed E-state index contributed by atoms with van der Waals surface area (Å²) >= 11 is 0. The van der Waals surface area contributed by atoms with Crippen LogP contribution in [-0.2, 0) is 18.7 Å². The topological polar surface area (TPSA) is 127 Å². The molecule has 0 aromatic carbocycles. The van der Waals surface area contributed by atoms with Crippen LogP contribution in [0.3, 0.4) is 0 Å². The number of hydrogen-bond donors (Lipinski definition) is 3. The Bertz CT molecular complexity index is 256. The summed E-state index contributed by atoms with van der Waals surface area (Å²) in [4.78, 5) is 21.5. The lowest BCUT2D eigenvalue weighted by Crippen LogP contribution is -2.43. The molecule has 0 saturated carbocycles. The summed E-state index contributed by atoms with van der Waals surface area (Å²) in [5.74, 6) is -5.25. The fourth-order valence-electron chi connectivity index (χ4n) is 1.20. The van der Waals surface area contributed by atoms with Crippen LogP contribution >= 0.6 is 8.69 Å². The highest BCUT2D eigenvalue weighted by molar-refractivity contribution is 7.17. The van der Waals surface area contributed by atoms with Gasteiger partial charge in [-0.1, -0.05) is 0 Å². The molecule has 0 amide bonds. The molecule has 3 atom stereocenters. The molecular formula is C7H12NO6P. The van der Waals surface area contributed by atoms with Crippen LogP contribution in [0.15, 0.2) is 0 Å². The lowest BCUT2D eigenvalue weighted by atomic mass is 9.88. The van der Waals surface area contributed by atoms with Gasteiger partial charge < -0.3 is 15.9 Å². The Labute approximate surface area is 87.5 Å². The molecule has 0 aromatic rings. The first-order valence-corrected chi connectivity index (χ1v) is 4.80. The van der Waals surface area contributed by atoms with Gasteiger partial charge in [0.2, 0.25) is 0 Å². The Hall–Kier alpha value is -1.04. The minimum atomic E-state index is -1.34. The van der Waals surface area contributed by atoms with Crippen LogP contribution in [0.5, 0.6) is 0 Å². The zero-order valence-electron chi connectivity index (χ0n) is 7.99. The van der Waals surface area contributed by atoms with E-state index in [1.54, 1.807) is 0 Å². The van der Waals surface area contributed by atoms with Crippen molar-refractivity contribution in [2.45, 2.75) is 13.0 Å². The predicted octanol–water partition coefficient (Wildman–Crippen LogP) is -0.0415. The molecule has 0 aliphatic rings. The summed E-state index contributed by atoms with van der Waals surface area (Å²) in [6, 6.07) is -0.837. The summed E-state index contributed by atoms with van der Waals surface area (Å²) in [7, 11) is -0.691. The number of rotatable bonds is 7. The van der Waals surface area contributed by atoms with E-state index in [-0.39, 0.29) is 0 Å². The third kappa shape index (κ3) is 4.33. The van der Waals surface area contributed by atoms with Crippen molar-refractivity contribution in [1.82, 2.24) is 0 Å². The van der Waals surface area contributed by atoms with Gasteiger partial charge in [-0.25, -0.2) is 4.57 Å². The minimum Gasteiger partial charge on any atom is -0.481 e. The fraction of sp³-hybridized carbons (Fsp3) is 0.714. The van der Waals surface area contributed by atoms with E-state index in [0.29, 0.717) is 0 Å². The van der Waals surface area contributed by atoms with Crippen LogP contribution in [-0.4, -0.2) is 34.8 Å². The van der Waals surface area contributed by atoms with E-state index >= 15 is 0 Å². The number of carboxylic acids is 2. The zero-order valence-corrected chi connectivity index (χ0v) is 8.89. The molecule has 0 spiro atoms. The molecule has 0 aliphatic carbocycles. The summed E-state index contributed by atoms with van der Waals surface area (Å²) in [6.07, 6.45) is 0. The van der Waals surface area contributed by atoms with Crippen molar-refractivity contribution in [2.75, 3.05) is 6.61 Å². The monoisotopic (exact) mass is 237 g/mol. The standard InChI is InChI=1S/C7H12NO6P/c1-3(8)5(7(11)12)4(6(9)10)2-14-15-13/h3-5H,2,8H2,1H3,(H,9,10)(H,11,12). The largest absolute Gasteiger partial charge is 0.481 e. The highest BCUT2D eigenvalue weighted by Crippen LogP contribution is 2.18. The maximum atomic E-state index is 10.8. The second kappa shape index (κ2) is 6.44. The first-order chi connectivity index (χ1) is 6.91. The molecular weight excluding hydrogens is 225 g/mol. The average molecular weight is 237 g/mol. The van der Waals surface area contributed by atoms with Gasteiger partial charge in [-0.15, -0.1) is 0 Å². The van der Waals surface area contributed by atoms with Crippen LogP contribution in [0.2, 0.25) is 0 Å². The summed E-state index contributed by atoms with van der Waals surface area (Å²) in [6.45, 7) is 0.933. The van der Waals surface area contributed by atoms with Crippen LogP contribution < -0.4 is 5.73 Å². The lowest BCUT2D eigenvalue weighted by molar-refractivity contribution is -0.155. The van der Waals surface area contributed by atoms with Crippen LogP contribution in [0.4, 0.5) is 0 Å². The Morgan fingerprint density at radius 1 is 1.40 bits per heavy atom. The highest BCUT2D eigenvalue weighted by atomic mass is 31.1. The molecule has 0 fully saturated rings. The van der Waals surface area contributed by atoms with Crippen molar-refractivity contribution < 1.29 is 28.9 Å². The van der Waals surface area contributed by atoms with Crippen molar-refractivity contribution in [2.24, 2.45) is 17.6 Å². The molecule has 0 heterocycles. The predicted molar refractivity (Wildman–Crippen MR) is 49.5 cm³/mol.